The van der Waals surface area contributed by atoms with Crippen LogP contribution >= 0.6 is 0 Å². The van der Waals surface area contributed by atoms with Crippen molar-refractivity contribution in [2.24, 2.45) is 0 Å². The van der Waals surface area contributed by atoms with Gasteiger partial charge in [-0.25, -0.2) is 0 Å². The topological polar surface area (TPSA) is 148 Å². The zero-order valence-electron chi connectivity index (χ0n) is 28.4. The predicted octanol–water partition coefficient (Wildman–Crippen LogP) is 3.56. The first-order chi connectivity index (χ1) is 23.5. The van der Waals surface area contributed by atoms with Gasteiger partial charge in [-0.05, 0) is 74.4 Å². The highest BCUT2D eigenvalue weighted by atomic mass is 16.3. The second kappa shape index (κ2) is 15.2. The Morgan fingerprint density at radius 1 is 1.00 bits per heavy atom. The monoisotopic (exact) mass is 666 g/mol. The smallest absolute Gasteiger partial charge is 0.259 e. The maximum atomic E-state index is 13.5. The molecule has 5 rings (SSSR count). The lowest BCUT2D eigenvalue weighted by Gasteiger charge is -2.60. The number of aliphatic hydroxyl groups is 1. The van der Waals surface area contributed by atoms with Crippen molar-refractivity contribution in [3.8, 4) is 5.75 Å². The lowest BCUT2D eigenvalue weighted by atomic mass is 9.52. The van der Waals surface area contributed by atoms with Crippen LogP contribution in [0.3, 0.4) is 0 Å². The first kappa shape index (κ1) is 35.5. The molecule has 3 aromatic rings. The summed E-state index contributed by atoms with van der Waals surface area (Å²) in [5.41, 5.74) is 2.08. The number of imide groups is 1. The number of likely N-dealkylation sites (tertiary alicyclic amines) is 1. The first-order valence-electron chi connectivity index (χ1n) is 16.9. The van der Waals surface area contributed by atoms with Crippen LogP contribution in [0.5, 0.6) is 5.75 Å². The van der Waals surface area contributed by atoms with Gasteiger partial charge in [-0.2, -0.15) is 0 Å². The fraction of sp³-hybridized carbons (Fsp3) is 0.385. The quantitative estimate of drug-likeness (QED) is 0.146. The number of amides is 3. The third-order valence-corrected chi connectivity index (χ3v) is 10.5. The van der Waals surface area contributed by atoms with Crippen molar-refractivity contribution in [2.45, 2.75) is 69.4 Å². The molecule has 3 amide bonds. The molecule has 258 valence electrons. The Morgan fingerprint density at radius 2 is 1.71 bits per heavy atom. The van der Waals surface area contributed by atoms with Gasteiger partial charge in [0.05, 0.1) is 16.7 Å². The van der Waals surface area contributed by atoms with Crippen LogP contribution < -0.4 is 16.0 Å². The van der Waals surface area contributed by atoms with Crippen molar-refractivity contribution in [1.29, 1.82) is 0 Å². The predicted molar refractivity (Wildman–Crippen MR) is 188 cm³/mol. The Labute approximate surface area is 287 Å². The summed E-state index contributed by atoms with van der Waals surface area (Å²) in [6, 6.07) is 20.6. The lowest BCUT2D eigenvalue weighted by Crippen LogP contribution is -2.70. The number of piperidine rings is 1. The maximum absolute atomic E-state index is 13.5. The number of phenolic OH excluding ortho intramolecular Hbond substituents is 1. The van der Waals surface area contributed by atoms with Gasteiger partial charge in [0.1, 0.15) is 11.5 Å². The Hall–Kier alpha value is -4.80. The van der Waals surface area contributed by atoms with Gasteiger partial charge < -0.3 is 20.8 Å². The molecule has 0 aromatic heterocycles. The van der Waals surface area contributed by atoms with E-state index in [1.54, 1.807) is 31.3 Å². The number of phenols is 1. The van der Waals surface area contributed by atoms with Crippen LogP contribution in [0, 0.1) is 6.92 Å². The van der Waals surface area contributed by atoms with Gasteiger partial charge in [-0.3, -0.25) is 29.4 Å². The van der Waals surface area contributed by atoms with E-state index in [1.807, 2.05) is 44.2 Å². The van der Waals surface area contributed by atoms with Gasteiger partial charge in [0.2, 0.25) is 6.41 Å². The molecule has 3 atom stereocenters. The molecule has 5 N–H and O–H groups in total. The molecule has 3 aromatic carbocycles. The number of nitrogens with one attached hydrogen (secondary N) is 3. The number of fused-ring (bicyclic) bond motifs is 1. The van der Waals surface area contributed by atoms with Crippen LogP contribution in [0.2, 0.25) is 0 Å². The molecular weight excluding hydrogens is 620 g/mol. The van der Waals surface area contributed by atoms with E-state index in [2.05, 4.69) is 33.0 Å². The number of carbonyl (C=O) groups is 4. The molecule has 1 heterocycles. The third-order valence-electron chi connectivity index (χ3n) is 10.5. The molecule has 0 bridgehead atoms. The number of hydrogen-bond acceptors (Lipinski definition) is 8. The molecule has 10 nitrogen and oxygen atoms in total. The van der Waals surface area contributed by atoms with E-state index in [-0.39, 0.29) is 48.9 Å². The van der Waals surface area contributed by atoms with Gasteiger partial charge in [-0.15, -0.1) is 0 Å². The highest BCUT2D eigenvalue weighted by Crippen LogP contribution is 2.56. The standard InChI is InChI=1S/C39H46N4O6/c1-26-9-14-32(36(47)41-20-16-29-10-12-30(13-11-29)33(24-40-3)37(48)42-25-44)35(46)34(26)38-19-22-43(21-17-28-7-5-4-6-8-28)27(2)39(38,49)18-15-31(45)23-38/h4-14,24-25,27,40,46,49H,15-23H2,1-3H3,(H,41,47)(H,42,44,48)/b33-24-. The molecule has 2 aliphatic rings. The van der Waals surface area contributed by atoms with Gasteiger partial charge in [0.25, 0.3) is 11.8 Å². The minimum Gasteiger partial charge on any atom is -0.507 e. The zero-order valence-corrected chi connectivity index (χ0v) is 28.4. The molecule has 0 radical (unpaired) electrons. The summed E-state index contributed by atoms with van der Waals surface area (Å²) in [4.78, 5) is 51.8. The van der Waals surface area contributed by atoms with Crippen LogP contribution in [-0.2, 0) is 32.6 Å². The molecule has 10 heteroatoms. The molecule has 1 aliphatic heterocycles. The molecule has 1 saturated heterocycles. The fourth-order valence-corrected chi connectivity index (χ4v) is 7.85. The number of rotatable bonds is 12. The number of Topliss-reactive ketones (excluding diaryl/α,β-unsaturated/α-hetero) is 1. The van der Waals surface area contributed by atoms with Crippen molar-refractivity contribution in [3.63, 3.8) is 0 Å². The van der Waals surface area contributed by atoms with Crippen LogP contribution in [0.15, 0.2) is 72.9 Å². The molecule has 1 saturated carbocycles. The Bertz CT molecular complexity index is 1720. The van der Waals surface area contributed by atoms with Gasteiger partial charge in [0.15, 0.2) is 0 Å². The number of aromatic hydroxyl groups is 1. The summed E-state index contributed by atoms with van der Waals surface area (Å²) in [7, 11) is 1.66. The first-order valence-corrected chi connectivity index (χ1v) is 16.9. The van der Waals surface area contributed by atoms with Gasteiger partial charge >= 0.3 is 0 Å². The molecule has 3 unspecified atom stereocenters. The normalized spacial score (nSPS) is 22.6. The highest BCUT2D eigenvalue weighted by Gasteiger charge is 2.62. The Kier molecular flexibility index (Phi) is 11.0. The van der Waals surface area contributed by atoms with Gasteiger partial charge in [-0.1, -0.05) is 60.7 Å². The Balaban J connectivity index is 1.33. The summed E-state index contributed by atoms with van der Waals surface area (Å²) in [5, 5.41) is 32.2. The van der Waals surface area contributed by atoms with Crippen LogP contribution in [-0.4, -0.2) is 77.4 Å². The van der Waals surface area contributed by atoms with E-state index in [9.17, 15) is 29.4 Å². The molecule has 2 fully saturated rings. The largest absolute Gasteiger partial charge is 0.507 e. The number of carbonyl (C=O) groups excluding carboxylic acids is 4. The summed E-state index contributed by atoms with van der Waals surface area (Å²) in [6.45, 7) is 5.57. The van der Waals surface area contributed by atoms with Crippen LogP contribution in [0.25, 0.3) is 5.57 Å². The van der Waals surface area contributed by atoms with E-state index >= 15 is 0 Å². The van der Waals surface area contributed by atoms with E-state index in [4.69, 9.17) is 0 Å². The highest BCUT2D eigenvalue weighted by molar-refractivity contribution is 6.21. The minimum atomic E-state index is -1.28. The summed E-state index contributed by atoms with van der Waals surface area (Å²) >= 11 is 0. The number of hydrogen-bond donors (Lipinski definition) is 5. The summed E-state index contributed by atoms with van der Waals surface area (Å²) in [5.74, 6) is -1.11. The van der Waals surface area contributed by atoms with Crippen LogP contribution in [0.4, 0.5) is 0 Å². The average molecular weight is 667 g/mol. The molecule has 0 spiro atoms. The molecule has 49 heavy (non-hydrogen) atoms. The SMILES string of the molecule is CN/C=C(\C(=O)NC=O)c1ccc(CCNC(=O)c2ccc(C)c(C34CCN(CCc5ccccc5)C(C)C3(O)CCC(=O)C4)c2O)cc1. The molecule has 1 aliphatic carbocycles. The zero-order chi connectivity index (χ0) is 35.2. The minimum absolute atomic E-state index is 0.0484. The number of aryl methyl sites for hydroxylation is 1. The molecular formula is C39H46N4O6. The van der Waals surface area contributed by atoms with E-state index in [1.165, 1.54) is 11.8 Å². The second-order valence-corrected chi connectivity index (χ2v) is 13.2. The average Bonchev–Trinajstić information content (AvgIpc) is 3.09. The van der Waals surface area contributed by atoms with E-state index in [0.717, 1.165) is 24.1 Å². The van der Waals surface area contributed by atoms with E-state index in [0.29, 0.717) is 42.5 Å². The second-order valence-electron chi connectivity index (χ2n) is 13.2. The van der Waals surface area contributed by atoms with Crippen molar-refractivity contribution in [2.75, 3.05) is 26.7 Å². The lowest BCUT2D eigenvalue weighted by molar-refractivity contribution is -0.164. The number of ketones is 1. The third kappa shape index (κ3) is 7.16. The number of nitrogens with zero attached hydrogens (tertiary/aromatic N) is 1. The van der Waals surface area contributed by atoms with Crippen molar-refractivity contribution in [3.05, 3.63) is 106 Å². The Morgan fingerprint density at radius 3 is 2.41 bits per heavy atom. The summed E-state index contributed by atoms with van der Waals surface area (Å²) < 4.78 is 0. The van der Waals surface area contributed by atoms with Crippen molar-refractivity contribution >= 4 is 29.6 Å². The van der Waals surface area contributed by atoms with Crippen molar-refractivity contribution in [1.82, 2.24) is 20.9 Å². The summed E-state index contributed by atoms with van der Waals surface area (Å²) in [6.07, 6.45) is 4.32. The fourth-order valence-electron chi connectivity index (χ4n) is 7.85. The van der Waals surface area contributed by atoms with Crippen LogP contribution in [0.1, 0.15) is 70.8 Å². The van der Waals surface area contributed by atoms with Crippen molar-refractivity contribution < 1.29 is 29.4 Å². The van der Waals surface area contributed by atoms with E-state index < -0.39 is 22.8 Å². The number of benzene rings is 3. The maximum Gasteiger partial charge on any atom is 0.259 e. The van der Waals surface area contributed by atoms with Gasteiger partial charge in [0, 0.05) is 56.2 Å².